The molecule has 0 saturated heterocycles. The molecule has 19 heavy (non-hydrogen) atoms. The minimum absolute atomic E-state index is 0.0425. The van der Waals surface area contributed by atoms with E-state index in [-0.39, 0.29) is 17.0 Å². The van der Waals surface area contributed by atoms with Crippen LogP contribution in [0.25, 0.3) is 11.2 Å². The van der Waals surface area contributed by atoms with E-state index in [0.717, 1.165) is 12.1 Å². The van der Waals surface area contributed by atoms with Crippen LogP contribution in [-0.4, -0.2) is 21.1 Å². The van der Waals surface area contributed by atoms with Gasteiger partial charge in [0, 0.05) is 6.42 Å². The number of H-pyrrole nitrogens is 1. The highest BCUT2D eigenvalue weighted by Crippen LogP contribution is 2.28. The van der Waals surface area contributed by atoms with Crippen molar-refractivity contribution in [3.8, 4) is 0 Å². The van der Waals surface area contributed by atoms with E-state index >= 15 is 0 Å². The average molecular weight is 283 g/mol. The molecule has 0 fully saturated rings. The van der Waals surface area contributed by atoms with Crippen LogP contribution in [0.3, 0.4) is 0 Å². The van der Waals surface area contributed by atoms with Crippen molar-refractivity contribution in [1.82, 2.24) is 15.0 Å². The van der Waals surface area contributed by atoms with Crippen molar-refractivity contribution in [3.63, 3.8) is 0 Å². The van der Waals surface area contributed by atoms with Gasteiger partial charge >= 0.3 is 12.4 Å². The van der Waals surface area contributed by atoms with Crippen LogP contribution in [0.5, 0.6) is 0 Å². The first-order chi connectivity index (χ1) is 8.65. The lowest BCUT2D eigenvalue weighted by molar-refractivity contribution is -0.141. The van der Waals surface area contributed by atoms with E-state index in [1.807, 2.05) is 0 Å². The number of halogens is 6. The molecular formula is C10H7F6N3. The zero-order valence-electron chi connectivity index (χ0n) is 9.23. The van der Waals surface area contributed by atoms with Gasteiger partial charge in [-0.1, -0.05) is 0 Å². The summed E-state index contributed by atoms with van der Waals surface area (Å²) >= 11 is 0. The highest BCUT2D eigenvalue weighted by Gasteiger charge is 2.33. The van der Waals surface area contributed by atoms with Gasteiger partial charge in [-0.15, -0.1) is 0 Å². The summed E-state index contributed by atoms with van der Waals surface area (Å²) in [6, 6.07) is 1.84. The van der Waals surface area contributed by atoms with Gasteiger partial charge in [-0.05, 0) is 12.1 Å². The Morgan fingerprint density at radius 3 is 2.26 bits per heavy atom. The van der Waals surface area contributed by atoms with Crippen LogP contribution in [0.1, 0.15) is 17.9 Å². The Kier molecular flexibility index (Phi) is 3.15. The normalized spacial score (nSPS) is 13.2. The first-order valence-corrected chi connectivity index (χ1v) is 5.15. The lowest BCUT2D eigenvalue weighted by Gasteiger charge is -2.03. The molecule has 0 aromatic carbocycles. The highest BCUT2D eigenvalue weighted by molar-refractivity contribution is 5.70. The van der Waals surface area contributed by atoms with Crippen LogP contribution in [0, 0.1) is 0 Å². The van der Waals surface area contributed by atoms with Crippen molar-refractivity contribution in [3.05, 3.63) is 23.7 Å². The number of nitrogens with zero attached hydrogens (tertiary/aromatic N) is 2. The summed E-state index contributed by atoms with van der Waals surface area (Å²) in [5, 5.41) is 0. The molecular weight excluding hydrogens is 276 g/mol. The van der Waals surface area contributed by atoms with Gasteiger partial charge in [0.05, 0.1) is 11.9 Å². The number of aromatic nitrogens is 3. The van der Waals surface area contributed by atoms with E-state index in [1.54, 1.807) is 0 Å². The molecule has 0 spiro atoms. The second-order valence-corrected chi connectivity index (χ2v) is 3.86. The second kappa shape index (κ2) is 4.39. The Morgan fingerprint density at radius 1 is 1.00 bits per heavy atom. The second-order valence-electron chi connectivity index (χ2n) is 3.86. The number of aryl methyl sites for hydroxylation is 1. The van der Waals surface area contributed by atoms with Gasteiger partial charge in [0.15, 0.2) is 5.65 Å². The first-order valence-electron chi connectivity index (χ1n) is 5.15. The Bertz CT molecular complexity index is 583. The number of alkyl halides is 6. The molecule has 2 heterocycles. The molecule has 9 heteroatoms. The lowest BCUT2D eigenvalue weighted by Crippen LogP contribution is -2.09. The van der Waals surface area contributed by atoms with Gasteiger partial charge in [0.25, 0.3) is 0 Å². The summed E-state index contributed by atoms with van der Waals surface area (Å²) in [6.07, 6.45) is -10.5. The summed E-state index contributed by atoms with van der Waals surface area (Å²) < 4.78 is 73.2. The lowest BCUT2D eigenvalue weighted by atomic mass is 10.3. The topological polar surface area (TPSA) is 41.6 Å². The number of hydrogen-bond donors (Lipinski definition) is 1. The molecule has 0 bridgehead atoms. The molecule has 104 valence electrons. The van der Waals surface area contributed by atoms with E-state index in [2.05, 4.69) is 15.0 Å². The molecule has 1 N–H and O–H groups in total. The van der Waals surface area contributed by atoms with Crippen LogP contribution >= 0.6 is 0 Å². The number of fused-ring (bicyclic) bond motifs is 1. The van der Waals surface area contributed by atoms with E-state index < -0.39 is 30.9 Å². The monoisotopic (exact) mass is 283 g/mol. The summed E-state index contributed by atoms with van der Waals surface area (Å²) in [7, 11) is 0. The van der Waals surface area contributed by atoms with Crippen molar-refractivity contribution in [2.75, 3.05) is 0 Å². The van der Waals surface area contributed by atoms with E-state index in [1.165, 1.54) is 0 Å². The predicted octanol–water partition coefficient (Wildman–Crippen LogP) is 3.47. The molecule has 2 aromatic heterocycles. The standard InChI is InChI=1S/C10H7F6N3/c11-9(12,13)4-3-7-17-5-1-2-6(10(14,15)16)18-8(5)19-7/h1-2H,3-4H2,(H,17,18,19). The van der Waals surface area contributed by atoms with Crippen molar-refractivity contribution >= 4 is 11.2 Å². The third-order valence-electron chi connectivity index (χ3n) is 2.33. The van der Waals surface area contributed by atoms with Gasteiger partial charge in [-0.3, -0.25) is 0 Å². The van der Waals surface area contributed by atoms with Gasteiger partial charge < -0.3 is 4.98 Å². The van der Waals surface area contributed by atoms with E-state index in [9.17, 15) is 26.3 Å². The van der Waals surface area contributed by atoms with Crippen LogP contribution in [0.4, 0.5) is 26.3 Å². The Morgan fingerprint density at radius 2 is 1.68 bits per heavy atom. The molecule has 0 aliphatic carbocycles. The maximum absolute atomic E-state index is 12.4. The molecule has 0 aliphatic rings. The molecule has 0 unspecified atom stereocenters. The summed E-state index contributed by atoms with van der Waals surface area (Å²) in [5.41, 5.74) is -1.20. The fourth-order valence-corrected chi connectivity index (χ4v) is 1.48. The fourth-order valence-electron chi connectivity index (χ4n) is 1.48. The van der Waals surface area contributed by atoms with Crippen molar-refractivity contribution in [1.29, 1.82) is 0 Å². The molecule has 0 aliphatic heterocycles. The minimum atomic E-state index is -4.61. The van der Waals surface area contributed by atoms with Crippen LogP contribution in [0.15, 0.2) is 12.1 Å². The molecule has 0 saturated carbocycles. The maximum atomic E-state index is 12.4. The van der Waals surface area contributed by atoms with Gasteiger partial charge in [-0.25, -0.2) is 9.97 Å². The van der Waals surface area contributed by atoms with E-state index in [0.29, 0.717) is 0 Å². The maximum Gasteiger partial charge on any atom is 0.433 e. The molecule has 0 amide bonds. The number of nitrogens with one attached hydrogen (secondary N) is 1. The molecule has 0 atom stereocenters. The zero-order chi connectivity index (χ0) is 14.3. The molecule has 2 rings (SSSR count). The minimum Gasteiger partial charge on any atom is -0.341 e. The fraction of sp³-hybridized carbons (Fsp3) is 0.400. The SMILES string of the molecule is FC(F)(F)CCc1nc2nc(C(F)(F)F)ccc2[nH]1. The Hall–Kier alpha value is -1.80. The van der Waals surface area contributed by atoms with Crippen LogP contribution in [0.2, 0.25) is 0 Å². The van der Waals surface area contributed by atoms with Crippen LogP contribution in [-0.2, 0) is 12.6 Å². The van der Waals surface area contributed by atoms with Gasteiger partial charge in [0.2, 0.25) is 0 Å². The largest absolute Gasteiger partial charge is 0.433 e. The van der Waals surface area contributed by atoms with Crippen LogP contribution < -0.4 is 0 Å². The number of imidazole rings is 1. The zero-order valence-corrected chi connectivity index (χ0v) is 9.23. The predicted molar refractivity (Wildman–Crippen MR) is 53.3 cm³/mol. The summed E-state index contributed by atoms with van der Waals surface area (Å²) in [5.74, 6) is -0.0425. The summed E-state index contributed by atoms with van der Waals surface area (Å²) in [4.78, 5) is 9.39. The number of aromatic amines is 1. The molecule has 0 radical (unpaired) electrons. The average Bonchev–Trinajstić information content (AvgIpc) is 2.65. The van der Waals surface area contributed by atoms with Crippen molar-refractivity contribution in [2.24, 2.45) is 0 Å². The Balaban J connectivity index is 2.26. The number of pyridine rings is 1. The number of hydrogen-bond acceptors (Lipinski definition) is 2. The number of rotatable bonds is 2. The molecule has 3 nitrogen and oxygen atoms in total. The quantitative estimate of drug-likeness (QED) is 0.857. The first kappa shape index (κ1) is 13.6. The van der Waals surface area contributed by atoms with Crippen molar-refractivity contribution in [2.45, 2.75) is 25.2 Å². The van der Waals surface area contributed by atoms with Gasteiger partial charge in [-0.2, -0.15) is 26.3 Å². The van der Waals surface area contributed by atoms with Crippen molar-refractivity contribution < 1.29 is 26.3 Å². The Labute approximate surface area is 102 Å². The van der Waals surface area contributed by atoms with Gasteiger partial charge in [0.1, 0.15) is 11.5 Å². The smallest absolute Gasteiger partial charge is 0.341 e. The molecule has 2 aromatic rings. The highest BCUT2D eigenvalue weighted by atomic mass is 19.4. The third kappa shape index (κ3) is 3.36. The van der Waals surface area contributed by atoms with E-state index in [4.69, 9.17) is 0 Å². The summed E-state index contributed by atoms with van der Waals surface area (Å²) in [6.45, 7) is 0. The third-order valence-corrected chi connectivity index (χ3v) is 2.33.